The van der Waals surface area contributed by atoms with Crippen molar-refractivity contribution in [2.24, 2.45) is 0 Å². The maximum atomic E-state index is 12.5. The number of ether oxygens (including phenoxy) is 1. The molecule has 0 aliphatic rings. The number of aromatic nitrogens is 3. The fourth-order valence-electron chi connectivity index (χ4n) is 3.55. The van der Waals surface area contributed by atoms with Crippen molar-refractivity contribution in [1.82, 2.24) is 14.8 Å². The standard InChI is InChI=1S/C27H29N5O2S/c1-3-34-23-15-13-21(14-16-23)29-26(33)17-18-35-27-31-30-25(32(27)22-10-5-4-6-11-22)19-28-24-12-8-7-9-20(24)2/h4-16,28H,3,17-19H2,1-2H3,(H,29,33). The molecule has 1 amide bonds. The van der Waals surface area contributed by atoms with Gasteiger partial charge in [0, 0.05) is 29.2 Å². The second kappa shape index (κ2) is 12.1. The lowest BCUT2D eigenvalue weighted by Gasteiger charge is -2.12. The van der Waals surface area contributed by atoms with Crippen molar-refractivity contribution in [2.75, 3.05) is 23.0 Å². The summed E-state index contributed by atoms with van der Waals surface area (Å²) < 4.78 is 7.48. The van der Waals surface area contributed by atoms with Crippen molar-refractivity contribution < 1.29 is 9.53 Å². The zero-order valence-electron chi connectivity index (χ0n) is 19.9. The highest BCUT2D eigenvalue weighted by Crippen LogP contribution is 2.24. The molecule has 8 heteroatoms. The summed E-state index contributed by atoms with van der Waals surface area (Å²) in [6.45, 7) is 5.16. The molecule has 1 heterocycles. The SMILES string of the molecule is CCOc1ccc(NC(=O)CCSc2nnc(CNc3ccccc3C)n2-c2ccccc2)cc1. The van der Waals surface area contributed by atoms with E-state index in [1.54, 1.807) is 0 Å². The van der Waals surface area contributed by atoms with Gasteiger partial charge >= 0.3 is 0 Å². The Morgan fingerprint density at radius 3 is 2.46 bits per heavy atom. The zero-order valence-corrected chi connectivity index (χ0v) is 20.7. The van der Waals surface area contributed by atoms with E-state index in [2.05, 4.69) is 39.9 Å². The maximum Gasteiger partial charge on any atom is 0.225 e. The van der Waals surface area contributed by atoms with Gasteiger partial charge in [-0.05, 0) is 61.9 Å². The molecule has 4 rings (SSSR count). The molecule has 35 heavy (non-hydrogen) atoms. The van der Waals surface area contributed by atoms with Crippen LogP contribution in [-0.4, -0.2) is 33.0 Å². The van der Waals surface area contributed by atoms with E-state index in [-0.39, 0.29) is 5.91 Å². The molecule has 0 radical (unpaired) electrons. The second-order valence-electron chi connectivity index (χ2n) is 7.84. The molecule has 2 N–H and O–H groups in total. The number of hydrogen-bond donors (Lipinski definition) is 2. The number of benzene rings is 3. The van der Waals surface area contributed by atoms with Gasteiger partial charge in [-0.25, -0.2) is 0 Å². The predicted octanol–water partition coefficient (Wildman–Crippen LogP) is 5.71. The first-order chi connectivity index (χ1) is 17.1. The number of carbonyl (C=O) groups excluding carboxylic acids is 1. The summed E-state index contributed by atoms with van der Waals surface area (Å²) in [5.74, 6) is 2.13. The lowest BCUT2D eigenvalue weighted by atomic mass is 10.2. The van der Waals surface area contributed by atoms with E-state index in [1.165, 1.54) is 17.3 Å². The Labute approximate surface area is 209 Å². The van der Waals surface area contributed by atoms with Crippen molar-refractivity contribution in [2.45, 2.75) is 32.0 Å². The lowest BCUT2D eigenvalue weighted by Crippen LogP contribution is -2.12. The van der Waals surface area contributed by atoms with Gasteiger partial charge in [0.05, 0.1) is 13.2 Å². The van der Waals surface area contributed by atoms with Crippen LogP contribution in [0, 0.1) is 6.92 Å². The number of aryl methyl sites for hydroxylation is 1. The fourth-order valence-corrected chi connectivity index (χ4v) is 4.46. The van der Waals surface area contributed by atoms with Crippen molar-refractivity contribution in [3.8, 4) is 11.4 Å². The molecular weight excluding hydrogens is 458 g/mol. The van der Waals surface area contributed by atoms with Gasteiger partial charge in [-0.2, -0.15) is 0 Å². The highest BCUT2D eigenvalue weighted by Gasteiger charge is 2.15. The lowest BCUT2D eigenvalue weighted by molar-refractivity contribution is -0.115. The molecule has 3 aromatic carbocycles. The number of hydrogen-bond acceptors (Lipinski definition) is 6. The Morgan fingerprint density at radius 2 is 1.71 bits per heavy atom. The molecule has 7 nitrogen and oxygen atoms in total. The number of rotatable bonds is 11. The van der Waals surface area contributed by atoms with Crippen LogP contribution < -0.4 is 15.4 Å². The highest BCUT2D eigenvalue weighted by molar-refractivity contribution is 7.99. The highest BCUT2D eigenvalue weighted by atomic mass is 32.2. The van der Waals surface area contributed by atoms with Gasteiger partial charge in [-0.1, -0.05) is 48.2 Å². The van der Waals surface area contributed by atoms with Crippen molar-refractivity contribution in [3.63, 3.8) is 0 Å². The van der Waals surface area contributed by atoms with Crippen LogP contribution >= 0.6 is 11.8 Å². The van der Waals surface area contributed by atoms with E-state index < -0.39 is 0 Å². The van der Waals surface area contributed by atoms with Crippen molar-refractivity contribution in [3.05, 3.63) is 90.3 Å². The van der Waals surface area contributed by atoms with Crippen LogP contribution in [-0.2, 0) is 11.3 Å². The molecule has 0 saturated carbocycles. The molecule has 0 bridgehead atoms. The smallest absolute Gasteiger partial charge is 0.225 e. The molecule has 180 valence electrons. The molecule has 0 aliphatic heterocycles. The van der Waals surface area contributed by atoms with Gasteiger partial charge in [0.2, 0.25) is 5.91 Å². The van der Waals surface area contributed by atoms with E-state index in [0.29, 0.717) is 25.3 Å². The topological polar surface area (TPSA) is 81.1 Å². The summed E-state index contributed by atoms with van der Waals surface area (Å²) in [6.07, 6.45) is 0.357. The van der Waals surface area contributed by atoms with Crippen LogP contribution in [0.3, 0.4) is 0 Å². The van der Waals surface area contributed by atoms with Crippen LogP contribution in [0.15, 0.2) is 84.0 Å². The van der Waals surface area contributed by atoms with Crippen LogP contribution in [0.4, 0.5) is 11.4 Å². The summed E-state index contributed by atoms with van der Waals surface area (Å²) in [5.41, 5.74) is 3.97. The average molecular weight is 488 g/mol. The van der Waals surface area contributed by atoms with Crippen LogP contribution in [0.25, 0.3) is 5.69 Å². The molecule has 0 aliphatic carbocycles. The zero-order chi connectivity index (χ0) is 24.5. The van der Waals surface area contributed by atoms with E-state index in [9.17, 15) is 4.79 Å². The fraction of sp³-hybridized carbons (Fsp3) is 0.222. The number of nitrogens with zero attached hydrogens (tertiary/aromatic N) is 3. The van der Waals surface area contributed by atoms with Gasteiger partial charge in [-0.15, -0.1) is 10.2 Å². The van der Waals surface area contributed by atoms with Gasteiger partial charge in [0.15, 0.2) is 11.0 Å². The average Bonchev–Trinajstić information content (AvgIpc) is 3.28. The number of amides is 1. The minimum absolute atomic E-state index is 0.0473. The van der Waals surface area contributed by atoms with Crippen LogP contribution in [0.2, 0.25) is 0 Å². The van der Waals surface area contributed by atoms with Gasteiger partial charge < -0.3 is 15.4 Å². The van der Waals surface area contributed by atoms with Gasteiger partial charge in [-0.3, -0.25) is 9.36 Å². The quantitative estimate of drug-likeness (QED) is 0.264. The van der Waals surface area contributed by atoms with E-state index in [4.69, 9.17) is 4.74 Å². The Morgan fingerprint density at radius 1 is 0.971 bits per heavy atom. The van der Waals surface area contributed by atoms with Crippen LogP contribution in [0.1, 0.15) is 24.7 Å². The van der Waals surface area contributed by atoms with E-state index in [0.717, 1.165) is 33.8 Å². The number of thioether (sulfide) groups is 1. The van der Waals surface area contributed by atoms with Crippen molar-refractivity contribution >= 4 is 29.0 Å². The summed E-state index contributed by atoms with van der Waals surface area (Å²) in [7, 11) is 0. The summed E-state index contributed by atoms with van der Waals surface area (Å²) in [6, 6.07) is 25.6. The molecule has 0 atom stereocenters. The van der Waals surface area contributed by atoms with Gasteiger partial charge in [0.1, 0.15) is 5.75 Å². The van der Waals surface area contributed by atoms with E-state index in [1.807, 2.05) is 78.2 Å². The molecule has 0 fully saturated rings. The van der Waals surface area contributed by atoms with E-state index >= 15 is 0 Å². The third kappa shape index (κ3) is 6.64. The molecule has 0 saturated heterocycles. The minimum Gasteiger partial charge on any atom is -0.494 e. The first-order valence-corrected chi connectivity index (χ1v) is 12.6. The Kier molecular flexibility index (Phi) is 8.40. The largest absolute Gasteiger partial charge is 0.494 e. The van der Waals surface area contributed by atoms with Gasteiger partial charge in [0.25, 0.3) is 0 Å². The molecule has 0 unspecified atom stereocenters. The first kappa shape index (κ1) is 24.3. The molecular formula is C27H29N5O2S. The molecule has 0 spiro atoms. The maximum absolute atomic E-state index is 12.5. The number of carbonyl (C=O) groups is 1. The van der Waals surface area contributed by atoms with Crippen LogP contribution in [0.5, 0.6) is 5.75 Å². The number of nitrogens with one attached hydrogen (secondary N) is 2. The second-order valence-corrected chi connectivity index (χ2v) is 8.90. The summed E-state index contributed by atoms with van der Waals surface area (Å²) in [4.78, 5) is 12.5. The normalized spacial score (nSPS) is 10.7. The predicted molar refractivity (Wildman–Crippen MR) is 141 cm³/mol. The Hall–Kier alpha value is -3.78. The van der Waals surface area contributed by atoms with Crippen molar-refractivity contribution in [1.29, 1.82) is 0 Å². The molecule has 1 aromatic heterocycles. The number of para-hydroxylation sites is 2. The monoisotopic (exact) mass is 487 g/mol. The Bertz CT molecular complexity index is 1240. The Balaban J connectivity index is 1.39. The number of anilines is 2. The third-order valence-corrected chi connectivity index (χ3v) is 6.24. The summed E-state index contributed by atoms with van der Waals surface area (Å²) in [5, 5.41) is 16.0. The first-order valence-electron chi connectivity index (χ1n) is 11.6. The minimum atomic E-state index is -0.0473. The third-order valence-electron chi connectivity index (χ3n) is 5.31. The summed E-state index contributed by atoms with van der Waals surface area (Å²) >= 11 is 1.52. The molecule has 4 aromatic rings.